The smallest absolute Gasteiger partial charge is 0.119 e. The summed E-state index contributed by atoms with van der Waals surface area (Å²) in [5, 5.41) is 11.0. The molecule has 0 heterocycles. The second-order valence-electron chi connectivity index (χ2n) is 4.52. The van der Waals surface area contributed by atoms with Gasteiger partial charge >= 0.3 is 0 Å². The van der Waals surface area contributed by atoms with Gasteiger partial charge in [0.1, 0.15) is 12.4 Å². The predicted molar refractivity (Wildman–Crippen MR) is 82.5 cm³/mol. The highest BCUT2D eigenvalue weighted by molar-refractivity contribution is 6.33. The van der Waals surface area contributed by atoms with Crippen molar-refractivity contribution in [2.24, 2.45) is 0 Å². The van der Waals surface area contributed by atoms with Crippen LogP contribution in [0.1, 0.15) is 30.6 Å². The van der Waals surface area contributed by atoms with Crippen molar-refractivity contribution in [2.75, 3.05) is 0 Å². The van der Waals surface area contributed by atoms with Crippen molar-refractivity contribution in [1.82, 2.24) is 0 Å². The minimum atomic E-state index is -0.425. The highest BCUT2D eigenvalue weighted by Crippen LogP contribution is 2.24. The monoisotopic (exact) mass is 310 g/mol. The van der Waals surface area contributed by atoms with Crippen molar-refractivity contribution >= 4 is 23.2 Å². The lowest BCUT2D eigenvalue weighted by Gasteiger charge is -2.11. The Kier molecular flexibility index (Phi) is 5.30. The number of hydrogen-bond acceptors (Lipinski definition) is 2. The first kappa shape index (κ1) is 15.2. The molecule has 0 radical (unpaired) electrons. The van der Waals surface area contributed by atoms with E-state index in [1.54, 1.807) is 18.2 Å². The zero-order valence-corrected chi connectivity index (χ0v) is 12.7. The number of rotatable bonds is 5. The Morgan fingerprint density at radius 1 is 1.10 bits per heavy atom. The van der Waals surface area contributed by atoms with Crippen LogP contribution in [0.25, 0.3) is 0 Å². The molecule has 0 amide bonds. The third-order valence-corrected chi connectivity index (χ3v) is 3.66. The zero-order chi connectivity index (χ0) is 14.5. The lowest BCUT2D eigenvalue weighted by Crippen LogP contribution is -1.98. The molecule has 2 nitrogen and oxygen atoms in total. The molecule has 0 fully saturated rings. The summed E-state index contributed by atoms with van der Waals surface area (Å²) in [5.74, 6) is 0.730. The van der Waals surface area contributed by atoms with Gasteiger partial charge in [-0.2, -0.15) is 0 Å². The SMILES string of the molecule is CC[C@H](O)c1ccc(OCc2cc(Cl)ccc2Cl)cc1. The molecule has 0 bridgehead atoms. The molecule has 0 spiro atoms. The number of hydrogen-bond donors (Lipinski definition) is 1. The van der Waals surface area contributed by atoms with Gasteiger partial charge in [0.15, 0.2) is 0 Å². The largest absolute Gasteiger partial charge is 0.489 e. The first-order chi connectivity index (χ1) is 9.60. The van der Waals surface area contributed by atoms with E-state index in [9.17, 15) is 5.11 Å². The third-order valence-electron chi connectivity index (χ3n) is 3.05. The summed E-state index contributed by atoms with van der Waals surface area (Å²) < 4.78 is 5.67. The van der Waals surface area contributed by atoms with Crippen LogP contribution in [0.3, 0.4) is 0 Å². The number of halogens is 2. The fraction of sp³-hybridized carbons (Fsp3) is 0.250. The van der Waals surface area contributed by atoms with Gasteiger partial charge in [0.05, 0.1) is 6.10 Å². The van der Waals surface area contributed by atoms with E-state index < -0.39 is 6.10 Å². The maximum absolute atomic E-state index is 9.72. The van der Waals surface area contributed by atoms with Gasteiger partial charge < -0.3 is 9.84 Å². The Balaban J connectivity index is 2.02. The molecule has 20 heavy (non-hydrogen) atoms. The van der Waals surface area contributed by atoms with Crippen LogP contribution < -0.4 is 4.74 Å². The van der Waals surface area contributed by atoms with E-state index in [0.29, 0.717) is 23.1 Å². The van der Waals surface area contributed by atoms with E-state index >= 15 is 0 Å². The quantitative estimate of drug-likeness (QED) is 0.840. The van der Waals surface area contributed by atoms with Gasteiger partial charge in [0.2, 0.25) is 0 Å². The van der Waals surface area contributed by atoms with E-state index in [-0.39, 0.29) is 0 Å². The van der Waals surface area contributed by atoms with Crippen molar-refractivity contribution in [3.8, 4) is 5.75 Å². The highest BCUT2D eigenvalue weighted by Gasteiger charge is 2.06. The minimum Gasteiger partial charge on any atom is -0.489 e. The minimum absolute atomic E-state index is 0.356. The summed E-state index contributed by atoms with van der Waals surface area (Å²) in [4.78, 5) is 0. The Hall–Kier alpha value is -1.22. The van der Waals surface area contributed by atoms with Crippen LogP contribution in [0, 0.1) is 0 Å². The maximum atomic E-state index is 9.72. The molecule has 2 aromatic rings. The molecule has 0 aliphatic heterocycles. The Labute approximate surface area is 128 Å². The van der Waals surface area contributed by atoms with Crippen LogP contribution in [-0.4, -0.2) is 5.11 Å². The molecule has 0 unspecified atom stereocenters. The van der Waals surface area contributed by atoms with Crippen molar-refractivity contribution < 1.29 is 9.84 Å². The van der Waals surface area contributed by atoms with Gasteiger partial charge in [-0.3, -0.25) is 0 Å². The fourth-order valence-corrected chi connectivity index (χ4v) is 2.20. The van der Waals surface area contributed by atoms with Crippen LogP contribution in [0.15, 0.2) is 42.5 Å². The molecule has 0 saturated carbocycles. The fourth-order valence-electron chi connectivity index (χ4n) is 1.84. The van der Waals surface area contributed by atoms with E-state index in [2.05, 4.69) is 0 Å². The van der Waals surface area contributed by atoms with Crippen molar-refractivity contribution in [3.63, 3.8) is 0 Å². The van der Waals surface area contributed by atoms with Gasteiger partial charge in [-0.15, -0.1) is 0 Å². The van der Waals surface area contributed by atoms with Crippen molar-refractivity contribution in [2.45, 2.75) is 26.1 Å². The summed E-state index contributed by atoms with van der Waals surface area (Å²) in [5.41, 5.74) is 1.73. The van der Waals surface area contributed by atoms with Crippen molar-refractivity contribution in [1.29, 1.82) is 0 Å². The molecule has 0 saturated heterocycles. The van der Waals surface area contributed by atoms with Crippen LogP contribution in [0.2, 0.25) is 10.0 Å². The number of benzene rings is 2. The molecule has 1 atom stereocenters. The number of ether oxygens (including phenoxy) is 1. The average Bonchev–Trinajstić information content (AvgIpc) is 2.48. The average molecular weight is 311 g/mol. The van der Waals surface area contributed by atoms with Gasteiger partial charge in [0, 0.05) is 15.6 Å². The van der Waals surface area contributed by atoms with Crippen LogP contribution >= 0.6 is 23.2 Å². The van der Waals surface area contributed by atoms with Crippen molar-refractivity contribution in [3.05, 3.63) is 63.6 Å². The topological polar surface area (TPSA) is 29.5 Å². The maximum Gasteiger partial charge on any atom is 0.119 e. The van der Waals surface area contributed by atoms with E-state index in [0.717, 1.165) is 16.9 Å². The Bertz CT molecular complexity index is 567. The number of aliphatic hydroxyl groups is 1. The molecule has 2 aromatic carbocycles. The summed E-state index contributed by atoms with van der Waals surface area (Å²) in [6.07, 6.45) is 0.268. The van der Waals surface area contributed by atoms with Gasteiger partial charge in [0.25, 0.3) is 0 Å². The summed E-state index contributed by atoms with van der Waals surface area (Å²) in [6, 6.07) is 12.7. The molecule has 0 aliphatic rings. The van der Waals surface area contributed by atoms with Crippen LogP contribution in [0.5, 0.6) is 5.75 Å². The molecular formula is C16H16Cl2O2. The Morgan fingerprint density at radius 3 is 2.45 bits per heavy atom. The third kappa shape index (κ3) is 3.89. The molecule has 0 aromatic heterocycles. The van der Waals surface area contributed by atoms with Gasteiger partial charge in [-0.05, 0) is 42.3 Å². The van der Waals surface area contributed by atoms with E-state index in [1.165, 1.54) is 0 Å². The van der Waals surface area contributed by atoms with Gasteiger partial charge in [-0.1, -0.05) is 42.3 Å². The molecule has 0 aliphatic carbocycles. The normalized spacial score (nSPS) is 12.2. The lowest BCUT2D eigenvalue weighted by molar-refractivity contribution is 0.173. The Morgan fingerprint density at radius 2 is 1.80 bits per heavy atom. The first-order valence-electron chi connectivity index (χ1n) is 6.45. The summed E-state index contributed by atoms with van der Waals surface area (Å²) >= 11 is 12.0. The lowest BCUT2D eigenvalue weighted by atomic mass is 10.1. The molecular weight excluding hydrogens is 295 g/mol. The molecule has 2 rings (SSSR count). The first-order valence-corrected chi connectivity index (χ1v) is 7.20. The zero-order valence-electron chi connectivity index (χ0n) is 11.1. The van der Waals surface area contributed by atoms with E-state index in [4.69, 9.17) is 27.9 Å². The second-order valence-corrected chi connectivity index (χ2v) is 5.36. The van der Waals surface area contributed by atoms with Crippen LogP contribution in [0.4, 0.5) is 0 Å². The van der Waals surface area contributed by atoms with E-state index in [1.807, 2.05) is 31.2 Å². The standard InChI is InChI=1S/C16H16Cl2O2/c1-2-16(19)11-3-6-14(7-4-11)20-10-12-9-13(17)5-8-15(12)18/h3-9,16,19H,2,10H2,1H3/t16-/m0/s1. The predicted octanol–water partition coefficient (Wildman–Crippen LogP) is 5.02. The van der Waals surface area contributed by atoms with Crippen LogP contribution in [-0.2, 0) is 6.61 Å². The summed E-state index contributed by atoms with van der Waals surface area (Å²) in [6.45, 7) is 2.30. The number of aliphatic hydroxyl groups excluding tert-OH is 1. The molecule has 4 heteroatoms. The molecule has 1 N–H and O–H groups in total. The highest BCUT2D eigenvalue weighted by atomic mass is 35.5. The summed E-state index contributed by atoms with van der Waals surface area (Å²) in [7, 11) is 0. The molecule has 106 valence electrons. The van der Waals surface area contributed by atoms with Gasteiger partial charge in [-0.25, -0.2) is 0 Å². The second kappa shape index (κ2) is 6.98.